The summed E-state index contributed by atoms with van der Waals surface area (Å²) >= 11 is 3.10. The van der Waals surface area contributed by atoms with Crippen LogP contribution in [-0.4, -0.2) is 27.2 Å². The van der Waals surface area contributed by atoms with Crippen LogP contribution in [0.25, 0.3) is 0 Å². The van der Waals surface area contributed by atoms with Crippen molar-refractivity contribution in [2.24, 2.45) is 0 Å². The number of nitrogens with one attached hydrogen (secondary N) is 1. The first-order chi connectivity index (χ1) is 7.06. The maximum Gasteiger partial charge on any atom is 0.139 e. The number of nitrogens with zero attached hydrogens (tertiary/aromatic N) is 1. The van der Waals surface area contributed by atoms with Gasteiger partial charge in [0.1, 0.15) is 5.82 Å². The first kappa shape index (κ1) is 12.3. The van der Waals surface area contributed by atoms with E-state index in [1.807, 2.05) is 19.0 Å². The van der Waals surface area contributed by atoms with Crippen LogP contribution < -0.4 is 16.0 Å². The van der Waals surface area contributed by atoms with Crippen molar-refractivity contribution < 1.29 is 4.39 Å². The molecule has 0 spiro atoms. The van der Waals surface area contributed by atoms with Crippen LogP contribution in [0.4, 0.5) is 15.8 Å². The van der Waals surface area contributed by atoms with E-state index in [2.05, 4.69) is 21.2 Å². The average molecular weight is 276 g/mol. The molecule has 5 heteroatoms. The van der Waals surface area contributed by atoms with Gasteiger partial charge in [-0.2, -0.15) is 0 Å². The van der Waals surface area contributed by atoms with Crippen LogP contribution in [0.1, 0.15) is 0 Å². The molecule has 1 aromatic carbocycles. The highest BCUT2D eigenvalue weighted by Gasteiger charge is 2.09. The second kappa shape index (κ2) is 5.32. The van der Waals surface area contributed by atoms with E-state index in [4.69, 9.17) is 5.73 Å². The zero-order valence-electron chi connectivity index (χ0n) is 8.85. The minimum atomic E-state index is -0.296. The van der Waals surface area contributed by atoms with Crippen molar-refractivity contribution in [2.45, 2.75) is 0 Å². The normalized spacial score (nSPS) is 10.4. The Kier molecular flexibility index (Phi) is 4.35. The number of nitrogen functional groups attached to an aromatic ring is 1. The van der Waals surface area contributed by atoms with Crippen molar-refractivity contribution in [3.63, 3.8) is 0 Å². The summed E-state index contributed by atoms with van der Waals surface area (Å²) in [5.41, 5.74) is 7.09. The van der Waals surface area contributed by atoms with E-state index >= 15 is 0 Å². The third kappa shape index (κ3) is 3.07. The van der Waals surface area contributed by atoms with Crippen LogP contribution in [0.3, 0.4) is 0 Å². The van der Waals surface area contributed by atoms with Gasteiger partial charge in [0.25, 0.3) is 0 Å². The molecular weight excluding hydrogens is 261 g/mol. The van der Waals surface area contributed by atoms with Gasteiger partial charge in [-0.3, -0.25) is 0 Å². The van der Waals surface area contributed by atoms with Gasteiger partial charge in [-0.05, 0) is 29.0 Å². The summed E-state index contributed by atoms with van der Waals surface area (Å²) in [6.45, 7) is 1.61. The number of rotatable bonds is 4. The van der Waals surface area contributed by atoms with Gasteiger partial charge in [0, 0.05) is 26.2 Å². The van der Waals surface area contributed by atoms with Gasteiger partial charge in [-0.1, -0.05) is 0 Å². The Labute approximate surface area is 97.6 Å². The molecule has 1 rings (SSSR count). The summed E-state index contributed by atoms with van der Waals surface area (Å²) in [6, 6.07) is 3.02. The first-order valence-electron chi connectivity index (χ1n) is 4.66. The zero-order valence-corrected chi connectivity index (χ0v) is 10.4. The molecule has 1 aromatic rings. The number of hydrogen-bond donors (Lipinski definition) is 2. The second-order valence-corrected chi connectivity index (χ2v) is 4.20. The first-order valence-corrected chi connectivity index (χ1v) is 5.45. The maximum absolute atomic E-state index is 13.3. The van der Waals surface area contributed by atoms with Crippen LogP contribution in [0, 0.1) is 5.82 Å². The molecule has 0 aromatic heterocycles. The summed E-state index contributed by atoms with van der Waals surface area (Å²) in [7, 11) is 3.76. The Morgan fingerprint density at radius 2 is 2.20 bits per heavy atom. The van der Waals surface area contributed by atoms with Crippen LogP contribution in [-0.2, 0) is 0 Å². The van der Waals surface area contributed by atoms with Crippen LogP contribution in [0.15, 0.2) is 16.6 Å². The van der Waals surface area contributed by atoms with Crippen molar-refractivity contribution in [2.75, 3.05) is 37.8 Å². The SMILES string of the molecule is CNCCN(C)c1cc(F)c(Br)cc1N. The van der Waals surface area contributed by atoms with E-state index < -0.39 is 0 Å². The minimum Gasteiger partial charge on any atom is -0.397 e. The van der Waals surface area contributed by atoms with Gasteiger partial charge in [-0.15, -0.1) is 0 Å². The summed E-state index contributed by atoms with van der Waals surface area (Å²) in [4.78, 5) is 1.92. The Bertz CT molecular complexity index is 344. The number of anilines is 2. The predicted octanol–water partition coefficient (Wildman–Crippen LogP) is 1.83. The fourth-order valence-corrected chi connectivity index (χ4v) is 1.64. The molecule has 0 fully saturated rings. The Morgan fingerprint density at radius 1 is 1.53 bits per heavy atom. The average Bonchev–Trinajstić information content (AvgIpc) is 2.20. The lowest BCUT2D eigenvalue weighted by Crippen LogP contribution is -2.27. The number of benzene rings is 1. The van der Waals surface area contributed by atoms with E-state index in [0.29, 0.717) is 15.8 Å². The minimum absolute atomic E-state index is 0.296. The second-order valence-electron chi connectivity index (χ2n) is 3.35. The van der Waals surface area contributed by atoms with E-state index in [-0.39, 0.29) is 5.82 Å². The summed E-state index contributed by atoms with van der Waals surface area (Å²) in [6.07, 6.45) is 0. The molecule has 3 nitrogen and oxygen atoms in total. The van der Waals surface area contributed by atoms with E-state index in [0.717, 1.165) is 13.1 Å². The highest BCUT2D eigenvalue weighted by atomic mass is 79.9. The smallest absolute Gasteiger partial charge is 0.139 e. The molecule has 0 amide bonds. The molecule has 84 valence electrons. The predicted molar refractivity (Wildman–Crippen MR) is 65.7 cm³/mol. The molecule has 0 aliphatic heterocycles. The number of nitrogens with two attached hydrogens (primary N) is 1. The van der Waals surface area contributed by atoms with Gasteiger partial charge in [0.2, 0.25) is 0 Å². The largest absolute Gasteiger partial charge is 0.397 e. The van der Waals surface area contributed by atoms with Gasteiger partial charge < -0.3 is 16.0 Å². The molecule has 0 aliphatic rings. The number of likely N-dealkylation sites (N-methyl/N-ethyl adjacent to an activating group) is 2. The van der Waals surface area contributed by atoms with Crippen molar-refractivity contribution in [3.8, 4) is 0 Å². The highest BCUT2D eigenvalue weighted by molar-refractivity contribution is 9.10. The standard InChI is InChI=1S/C10H15BrFN3/c1-14-3-4-15(2)10-6-8(12)7(11)5-9(10)13/h5-6,14H,3-4,13H2,1-2H3. The molecular formula is C10H15BrFN3. The van der Waals surface area contributed by atoms with Crippen molar-refractivity contribution in [3.05, 3.63) is 22.4 Å². The highest BCUT2D eigenvalue weighted by Crippen LogP contribution is 2.28. The number of hydrogen-bond acceptors (Lipinski definition) is 3. The van der Waals surface area contributed by atoms with Crippen molar-refractivity contribution >= 4 is 27.3 Å². The van der Waals surface area contributed by atoms with Gasteiger partial charge >= 0.3 is 0 Å². The quantitative estimate of drug-likeness (QED) is 0.824. The lowest BCUT2D eigenvalue weighted by molar-refractivity contribution is 0.620. The number of halogens is 2. The molecule has 0 saturated heterocycles. The van der Waals surface area contributed by atoms with Gasteiger partial charge in [-0.25, -0.2) is 4.39 Å². The Morgan fingerprint density at radius 3 is 2.80 bits per heavy atom. The van der Waals surface area contributed by atoms with E-state index in [1.165, 1.54) is 6.07 Å². The van der Waals surface area contributed by atoms with Crippen LogP contribution in [0.5, 0.6) is 0 Å². The summed E-state index contributed by atoms with van der Waals surface area (Å²) < 4.78 is 13.7. The van der Waals surface area contributed by atoms with Crippen LogP contribution >= 0.6 is 15.9 Å². The third-order valence-electron chi connectivity index (χ3n) is 2.18. The fraction of sp³-hybridized carbons (Fsp3) is 0.400. The van der Waals surface area contributed by atoms with Crippen molar-refractivity contribution in [1.82, 2.24) is 5.32 Å². The molecule has 0 bridgehead atoms. The molecule has 0 radical (unpaired) electrons. The van der Waals surface area contributed by atoms with Gasteiger partial charge in [0.15, 0.2) is 0 Å². The van der Waals surface area contributed by atoms with Crippen molar-refractivity contribution in [1.29, 1.82) is 0 Å². The molecule has 0 unspecified atom stereocenters. The topological polar surface area (TPSA) is 41.3 Å². The molecule has 0 heterocycles. The molecule has 3 N–H and O–H groups in total. The molecule has 0 aliphatic carbocycles. The summed E-state index contributed by atoms with van der Waals surface area (Å²) in [5.74, 6) is -0.296. The molecule has 15 heavy (non-hydrogen) atoms. The fourth-order valence-electron chi connectivity index (χ4n) is 1.28. The van der Waals surface area contributed by atoms with E-state index in [9.17, 15) is 4.39 Å². The van der Waals surface area contributed by atoms with Crippen LogP contribution in [0.2, 0.25) is 0 Å². The lowest BCUT2D eigenvalue weighted by atomic mass is 10.2. The Balaban J connectivity index is 2.88. The Hall–Kier alpha value is -0.810. The van der Waals surface area contributed by atoms with E-state index in [1.54, 1.807) is 6.07 Å². The van der Waals surface area contributed by atoms with Gasteiger partial charge in [0.05, 0.1) is 15.8 Å². The zero-order chi connectivity index (χ0) is 11.4. The maximum atomic E-state index is 13.3. The molecule has 0 saturated carbocycles. The summed E-state index contributed by atoms with van der Waals surface area (Å²) in [5, 5.41) is 3.03. The lowest BCUT2D eigenvalue weighted by Gasteiger charge is -2.21. The third-order valence-corrected chi connectivity index (χ3v) is 2.79. The molecule has 0 atom stereocenters. The monoisotopic (exact) mass is 275 g/mol.